The molecule has 4 N–H and O–H groups in total. The normalized spacial score (nSPS) is 49.0. The lowest BCUT2D eigenvalue weighted by Gasteiger charge is -2.71. The molecule has 5 rings (SSSR count). The van der Waals surface area contributed by atoms with Gasteiger partial charge in [-0.1, -0.05) is 54.0 Å². The van der Waals surface area contributed by atoms with Gasteiger partial charge in [0.25, 0.3) is 0 Å². The topological polar surface area (TPSA) is 127 Å². The Hall–Kier alpha value is -1.25. The van der Waals surface area contributed by atoms with E-state index >= 15 is 0 Å². The van der Waals surface area contributed by atoms with Gasteiger partial charge in [0.15, 0.2) is 5.78 Å². The van der Waals surface area contributed by atoms with Gasteiger partial charge in [-0.05, 0) is 103 Å². The number of aliphatic hydroxyl groups is 1. The van der Waals surface area contributed by atoms with Crippen molar-refractivity contribution in [3.63, 3.8) is 0 Å². The van der Waals surface area contributed by atoms with E-state index in [1.54, 1.807) is 0 Å². The third-order valence-corrected chi connectivity index (χ3v) is 14.7. The van der Waals surface area contributed by atoms with E-state index in [1.165, 1.54) is 5.57 Å². The number of sulfonamides is 1. The highest BCUT2D eigenvalue weighted by Crippen LogP contribution is 2.75. The number of allylic oxidation sites excluding steroid dienone is 2. The van der Waals surface area contributed by atoms with Gasteiger partial charge in [-0.3, -0.25) is 9.59 Å². The number of carbonyl (C=O) groups excluding carboxylic acids is 2. The second-order valence-electron chi connectivity index (χ2n) is 16.4. The molecule has 0 bridgehead atoms. The van der Waals surface area contributed by atoms with Gasteiger partial charge in [-0.25, -0.2) is 8.42 Å². The van der Waals surface area contributed by atoms with E-state index in [9.17, 15) is 23.1 Å². The van der Waals surface area contributed by atoms with Crippen LogP contribution in [0, 0.1) is 56.2 Å². The van der Waals surface area contributed by atoms with E-state index < -0.39 is 21.7 Å². The molecule has 0 aliphatic heterocycles. The van der Waals surface area contributed by atoms with E-state index in [1.807, 2.05) is 13.0 Å². The largest absolute Gasteiger partial charge is 0.377 e. The summed E-state index contributed by atoms with van der Waals surface area (Å²) in [5.41, 5.74) is 5.76. The minimum absolute atomic E-state index is 0.0771. The van der Waals surface area contributed by atoms with Gasteiger partial charge in [0.05, 0.1) is 6.26 Å². The number of hydrogen-bond acceptors (Lipinski definition) is 5. The van der Waals surface area contributed by atoms with Crippen molar-refractivity contribution in [1.82, 2.24) is 4.72 Å². The lowest BCUT2D eigenvalue weighted by Crippen LogP contribution is -2.67. The van der Waals surface area contributed by atoms with Gasteiger partial charge in [0, 0.05) is 17.3 Å². The van der Waals surface area contributed by atoms with Crippen LogP contribution in [0.1, 0.15) is 106 Å². The molecule has 40 heavy (non-hydrogen) atoms. The third-order valence-electron chi connectivity index (χ3n) is 14.0. The number of rotatable bonds is 4. The lowest BCUT2D eigenvalue weighted by atomic mass is 9.33. The molecule has 4 saturated carbocycles. The number of nitrogens with two attached hydrogens (primary N) is 1. The molecule has 5 aliphatic carbocycles. The fraction of sp³-hybridized carbons (Fsp3) is 0.875. The Morgan fingerprint density at radius 1 is 1.00 bits per heavy atom. The van der Waals surface area contributed by atoms with Crippen molar-refractivity contribution in [3.8, 4) is 0 Å². The Bertz CT molecular complexity index is 1260. The minimum Gasteiger partial charge on any atom is -0.377 e. The summed E-state index contributed by atoms with van der Waals surface area (Å²) in [6.07, 6.45) is 9.86. The van der Waals surface area contributed by atoms with Crippen LogP contribution in [0.15, 0.2) is 11.6 Å². The Morgan fingerprint density at radius 3 is 2.23 bits per heavy atom. The van der Waals surface area contributed by atoms with Crippen LogP contribution in [0.5, 0.6) is 0 Å². The first-order chi connectivity index (χ1) is 18.1. The minimum atomic E-state index is -3.55. The maximum atomic E-state index is 14.5. The summed E-state index contributed by atoms with van der Waals surface area (Å²) in [5, 5.41) is 11.0. The van der Waals surface area contributed by atoms with E-state index in [2.05, 4.69) is 46.3 Å². The highest BCUT2D eigenvalue weighted by Gasteiger charge is 2.70. The summed E-state index contributed by atoms with van der Waals surface area (Å²) in [5.74, 6) is -0.0152. The summed E-state index contributed by atoms with van der Waals surface area (Å²) < 4.78 is 26.3. The molecule has 0 radical (unpaired) electrons. The molecule has 0 aromatic rings. The SMILES string of the molecule is CC1(C)C2CC[C@]3(C)[C@H](C(=O)C=C4[C@@H]5C[C@@](C)(C(N)=O)CC[C@]5(C)CC[C@]43C)[C@@]2(C)CC[C@H]1C(O)NS(C)(=O)=O. The van der Waals surface area contributed by atoms with Crippen LogP contribution in [-0.4, -0.2) is 37.7 Å². The fourth-order valence-corrected chi connectivity index (χ4v) is 11.9. The van der Waals surface area contributed by atoms with Crippen LogP contribution < -0.4 is 10.5 Å². The first kappa shape index (κ1) is 30.2. The molecule has 10 atom stereocenters. The first-order valence-electron chi connectivity index (χ1n) is 15.4. The molecule has 8 heteroatoms. The molecule has 0 aromatic heterocycles. The molecule has 2 unspecified atom stereocenters. The van der Waals surface area contributed by atoms with E-state index in [0.29, 0.717) is 12.8 Å². The Balaban J connectivity index is 1.55. The number of fused-ring (bicyclic) bond motifs is 7. The Morgan fingerprint density at radius 2 is 1.62 bits per heavy atom. The van der Waals surface area contributed by atoms with Crippen molar-refractivity contribution in [3.05, 3.63) is 11.6 Å². The molecule has 0 aromatic carbocycles. The summed E-state index contributed by atoms with van der Waals surface area (Å²) in [6, 6.07) is 0. The van der Waals surface area contributed by atoms with Crippen molar-refractivity contribution < 1.29 is 23.1 Å². The maximum Gasteiger partial charge on any atom is 0.223 e. The molecule has 7 nitrogen and oxygen atoms in total. The smallest absolute Gasteiger partial charge is 0.223 e. The van der Waals surface area contributed by atoms with E-state index in [4.69, 9.17) is 5.73 Å². The van der Waals surface area contributed by atoms with Crippen molar-refractivity contribution in [2.75, 3.05) is 6.26 Å². The van der Waals surface area contributed by atoms with Crippen LogP contribution >= 0.6 is 0 Å². The quantitative estimate of drug-likeness (QED) is 0.409. The molecule has 226 valence electrons. The number of primary amides is 1. The second kappa shape index (κ2) is 8.89. The third kappa shape index (κ3) is 4.05. The maximum absolute atomic E-state index is 14.5. The molecule has 0 spiro atoms. The van der Waals surface area contributed by atoms with Crippen LogP contribution in [-0.2, 0) is 19.6 Å². The molecular formula is C32H52N2O5S. The number of ketones is 1. The van der Waals surface area contributed by atoms with Gasteiger partial charge < -0.3 is 10.8 Å². The predicted octanol–water partition coefficient (Wildman–Crippen LogP) is 4.94. The van der Waals surface area contributed by atoms with Crippen LogP contribution in [0.2, 0.25) is 0 Å². The zero-order valence-electron chi connectivity index (χ0n) is 25.9. The molecule has 0 saturated heterocycles. The fourth-order valence-electron chi connectivity index (χ4n) is 11.3. The summed E-state index contributed by atoms with van der Waals surface area (Å²) in [6.45, 7) is 15.7. The molecule has 1 amide bonds. The molecular weight excluding hydrogens is 524 g/mol. The van der Waals surface area contributed by atoms with Crippen molar-refractivity contribution in [2.24, 2.45) is 61.9 Å². The predicted molar refractivity (Wildman–Crippen MR) is 156 cm³/mol. The zero-order chi connectivity index (χ0) is 29.9. The Labute approximate surface area is 241 Å². The zero-order valence-corrected chi connectivity index (χ0v) is 26.7. The lowest BCUT2D eigenvalue weighted by molar-refractivity contribution is -0.201. The number of aliphatic hydroxyl groups excluding tert-OH is 1. The van der Waals surface area contributed by atoms with Crippen molar-refractivity contribution >= 4 is 21.7 Å². The van der Waals surface area contributed by atoms with Crippen LogP contribution in [0.3, 0.4) is 0 Å². The van der Waals surface area contributed by atoms with Gasteiger partial charge >= 0.3 is 0 Å². The summed E-state index contributed by atoms with van der Waals surface area (Å²) in [7, 11) is -3.55. The number of amides is 1. The van der Waals surface area contributed by atoms with Gasteiger partial charge in [-0.15, -0.1) is 0 Å². The number of carbonyl (C=O) groups is 2. The monoisotopic (exact) mass is 576 g/mol. The number of hydrogen-bond donors (Lipinski definition) is 3. The van der Waals surface area contributed by atoms with Gasteiger partial charge in [0.2, 0.25) is 15.9 Å². The van der Waals surface area contributed by atoms with Crippen molar-refractivity contribution in [1.29, 1.82) is 0 Å². The van der Waals surface area contributed by atoms with Crippen molar-refractivity contribution in [2.45, 2.75) is 112 Å². The standard InChI is InChI=1S/C32H52N2O5S/c1-27(2)19(25(36)34-40(8,38)39)9-11-30(5)23(27)10-12-32(7)24(30)22(35)17-20-21-18-29(4,26(33)37)14-13-28(21,3)15-16-31(20,32)6/h17,19,21,23-25,34,36H,9-16,18H2,1-8H3,(H2,33,37)/t19-,21-,23?,24+,25?,28+,29-,30-,31+,32+/m0/s1. The van der Waals surface area contributed by atoms with Gasteiger partial charge in [0.1, 0.15) is 6.23 Å². The van der Waals surface area contributed by atoms with E-state index in [-0.39, 0.29) is 62.4 Å². The highest BCUT2D eigenvalue weighted by molar-refractivity contribution is 7.88. The Kier molecular flexibility index (Phi) is 6.71. The average molecular weight is 577 g/mol. The van der Waals surface area contributed by atoms with E-state index in [0.717, 1.165) is 51.2 Å². The van der Waals surface area contributed by atoms with Crippen LogP contribution in [0.25, 0.3) is 0 Å². The van der Waals surface area contributed by atoms with Gasteiger partial charge in [-0.2, -0.15) is 4.72 Å². The molecule has 4 fully saturated rings. The molecule has 5 aliphatic rings. The summed E-state index contributed by atoms with van der Waals surface area (Å²) >= 11 is 0. The van der Waals surface area contributed by atoms with Crippen LogP contribution in [0.4, 0.5) is 0 Å². The first-order valence-corrected chi connectivity index (χ1v) is 17.3. The average Bonchev–Trinajstić information content (AvgIpc) is 2.79. The number of nitrogens with one attached hydrogen (secondary N) is 1. The second-order valence-corrected chi connectivity index (χ2v) is 18.2. The molecule has 0 heterocycles. The summed E-state index contributed by atoms with van der Waals surface area (Å²) in [4.78, 5) is 27.0. The highest BCUT2D eigenvalue weighted by atomic mass is 32.2.